The molecule has 316 valence electrons. The molecular formula is C42H53NO15. The molecule has 16 nitrogen and oxygen atoms in total. The predicted octanol–water partition coefficient (Wildman–Crippen LogP) is 3.16. The molecule has 0 radical (unpaired) electrons. The molecule has 7 rings (SSSR count). The van der Waals surface area contributed by atoms with Crippen molar-refractivity contribution in [3.8, 4) is 11.5 Å². The summed E-state index contributed by atoms with van der Waals surface area (Å²) in [6, 6.07) is 5.11. The van der Waals surface area contributed by atoms with Crippen LogP contribution in [0.1, 0.15) is 121 Å². The Labute approximate surface area is 336 Å². The summed E-state index contributed by atoms with van der Waals surface area (Å²) in [5, 5.41) is 45.9. The number of phenolic OH excluding ortho intramolecular Hbond substituents is 2. The van der Waals surface area contributed by atoms with E-state index in [9.17, 15) is 39.6 Å². The average molecular weight is 812 g/mol. The predicted molar refractivity (Wildman–Crippen MR) is 201 cm³/mol. The van der Waals surface area contributed by atoms with E-state index in [1.807, 2.05) is 19.0 Å². The Bertz CT molecular complexity index is 1940. The van der Waals surface area contributed by atoms with E-state index in [2.05, 4.69) is 0 Å². The lowest BCUT2D eigenvalue weighted by Crippen LogP contribution is -2.58. The SMILES string of the molecule is CC[C@@]1(O)C[C@H](O[C@H]2C[C@H](N(C)C)[C@H](O[C@H]3C[C@H](O)[C@H](O[C@H]4CCC(=O)[C@@H](C)O4)[C@H](C)O3)[C@H](C)O2)c2c(cc3c(c2O)C(=O)c2c(O)cccc2C3=O)[C@H]1C(=O)OC. The second-order valence-electron chi connectivity index (χ2n) is 16.3. The Hall–Kier alpha value is -3.84. The number of ether oxygens (including phenoxy) is 7. The number of aliphatic hydroxyl groups excluding tert-OH is 1. The minimum Gasteiger partial charge on any atom is -0.507 e. The highest BCUT2D eigenvalue weighted by Crippen LogP contribution is 2.54. The zero-order valence-corrected chi connectivity index (χ0v) is 33.7. The summed E-state index contributed by atoms with van der Waals surface area (Å²) in [7, 11) is 4.91. The summed E-state index contributed by atoms with van der Waals surface area (Å²) < 4.78 is 42.6. The van der Waals surface area contributed by atoms with E-state index in [-0.39, 0.29) is 70.9 Å². The summed E-state index contributed by atoms with van der Waals surface area (Å²) >= 11 is 0. The maximum atomic E-state index is 13.9. The molecule has 13 atom stereocenters. The first-order valence-electron chi connectivity index (χ1n) is 19.9. The second-order valence-corrected chi connectivity index (χ2v) is 16.3. The lowest BCUT2D eigenvalue weighted by Gasteiger charge is -2.48. The third-order valence-electron chi connectivity index (χ3n) is 12.4. The van der Waals surface area contributed by atoms with Gasteiger partial charge in [-0.3, -0.25) is 19.2 Å². The molecule has 0 bridgehead atoms. The molecule has 4 N–H and O–H groups in total. The number of phenols is 2. The van der Waals surface area contributed by atoms with E-state index in [0.29, 0.717) is 12.8 Å². The zero-order valence-electron chi connectivity index (χ0n) is 33.7. The van der Waals surface area contributed by atoms with Crippen molar-refractivity contribution >= 4 is 23.3 Å². The molecular weight excluding hydrogens is 758 g/mol. The number of benzene rings is 2. The maximum Gasteiger partial charge on any atom is 0.316 e. The number of ketones is 3. The van der Waals surface area contributed by atoms with Crippen LogP contribution in [0.2, 0.25) is 0 Å². The van der Waals surface area contributed by atoms with Crippen molar-refractivity contribution in [1.29, 1.82) is 0 Å². The van der Waals surface area contributed by atoms with E-state index >= 15 is 0 Å². The average Bonchev–Trinajstić information content (AvgIpc) is 3.17. The van der Waals surface area contributed by atoms with E-state index in [1.165, 1.54) is 31.4 Å². The fraction of sp³-hybridized carbons (Fsp3) is 0.619. The van der Waals surface area contributed by atoms with Crippen molar-refractivity contribution in [3.63, 3.8) is 0 Å². The largest absolute Gasteiger partial charge is 0.507 e. The van der Waals surface area contributed by atoms with Gasteiger partial charge in [-0.25, -0.2) is 0 Å². The highest BCUT2D eigenvalue weighted by atomic mass is 16.7. The Kier molecular flexibility index (Phi) is 11.9. The number of methoxy groups -OCH3 is 1. The number of rotatable bonds is 9. The van der Waals surface area contributed by atoms with Crippen LogP contribution in [0.25, 0.3) is 0 Å². The zero-order chi connectivity index (χ0) is 42.0. The standard InChI is InChI=1S/C42H53NO15/c1-8-42(51)17-28(33-22(35(42)41(50)52-7)14-23-34(38(33)49)37(48)32-21(36(23)47)10-9-11-26(32)45)56-30-15-24(43(5)6)39(19(3)54-30)58-31-16-27(46)40(20(4)55-31)57-29-13-12-25(44)18(2)53-29/h9-11,14,18-20,24,27-31,35,39-40,45-46,49,51H,8,12-13,15-17H2,1-7H3/t18-,19+,20+,24+,27+,28+,29+,30+,31+,35+,39-,40-,42-/m1/s1. The lowest BCUT2D eigenvalue weighted by molar-refractivity contribution is -0.324. The fourth-order valence-corrected chi connectivity index (χ4v) is 9.27. The van der Waals surface area contributed by atoms with Gasteiger partial charge in [0.1, 0.15) is 35.7 Å². The molecule has 2 aromatic rings. The molecule has 2 aromatic carbocycles. The van der Waals surface area contributed by atoms with Crippen LogP contribution in [0.3, 0.4) is 0 Å². The smallest absolute Gasteiger partial charge is 0.316 e. The Morgan fingerprint density at radius 1 is 0.897 bits per heavy atom. The van der Waals surface area contributed by atoms with Crippen LogP contribution in [0.4, 0.5) is 0 Å². The number of fused-ring (bicyclic) bond motifs is 3. The number of likely N-dealkylation sites (N-methyl/N-ethyl adjacent to an activating group) is 1. The summed E-state index contributed by atoms with van der Waals surface area (Å²) in [4.78, 5) is 55.0. The molecule has 2 aliphatic carbocycles. The second kappa shape index (κ2) is 16.3. The van der Waals surface area contributed by atoms with Gasteiger partial charge in [-0.05, 0) is 59.0 Å². The summed E-state index contributed by atoms with van der Waals surface area (Å²) in [6.07, 6.45) is -6.64. The highest BCUT2D eigenvalue weighted by Gasteiger charge is 2.53. The molecule has 0 spiro atoms. The van der Waals surface area contributed by atoms with Gasteiger partial charge in [-0.2, -0.15) is 0 Å². The number of esters is 1. The first-order valence-corrected chi connectivity index (χ1v) is 19.9. The third kappa shape index (κ3) is 7.47. The van der Waals surface area contributed by atoms with Crippen LogP contribution in [-0.2, 0) is 42.7 Å². The third-order valence-corrected chi connectivity index (χ3v) is 12.4. The molecule has 16 heteroatoms. The molecule has 0 amide bonds. The Morgan fingerprint density at radius 2 is 1.57 bits per heavy atom. The number of aliphatic hydroxyl groups is 2. The van der Waals surface area contributed by atoms with Crippen LogP contribution in [-0.4, -0.2) is 137 Å². The topological polar surface area (TPSA) is 217 Å². The summed E-state index contributed by atoms with van der Waals surface area (Å²) in [6.45, 7) is 6.95. The molecule has 3 aliphatic heterocycles. The molecule has 0 saturated carbocycles. The Morgan fingerprint density at radius 3 is 2.21 bits per heavy atom. The molecule has 5 aliphatic rings. The van der Waals surface area contributed by atoms with Crippen LogP contribution in [0.5, 0.6) is 11.5 Å². The molecule has 3 saturated heterocycles. The number of aromatic hydroxyl groups is 2. The van der Waals surface area contributed by atoms with E-state index < -0.39 is 102 Å². The monoisotopic (exact) mass is 811 g/mol. The van der Waals surface area contributed by atoms with Gasteiger partial charge in [-0.1, -0.05) is 19.1 Å². The molecule has 3 heterocycles. The van der Waals surface area contributed by atoms with Gasteiger partial charge in [0.05, 0.1) is 48.3 Å². The van der Waals surface area contributed by atoms with Crippen molar-refractivity contribution in [2.75, 3.05) is 21.2 Å². The van der Waals surface area contributed by atoms with Crippen LogP contribution >= 0.6 is 0 Å². The van der Waals surface area contributed by atoms with E-state index in [4.69, 9.17) is 33.2 Å². The fourth-order valence-electron chi connectivity index (χ4n) is 9.27. The van der Waals surface area contributed by atoms with Crippen LogP contribution in [0.15, 0.2) is 24.3 Å². The van der Waals surface area contributed by atoms with Gasteiger partial charge in [-0.15, -0.1) is 0 Å². The van der Waals surface area contributed by atoms with Crippen molar-refractivity contribution in [2.24, 2.45) is 0 Å². The first kappa shape index (κ1) is 42.3. The number of hydrogen-bond acceptors (Lipinski definition) is 16. The summed E-state index contributed by atoms with van der Waals surface area (Å²) in [5.41, 5.74) is -2.49. The minimum atomic E-state index is -1.76. The number of hydrogen-bond donors (Lipinski definition) is 4. The Balaban J connectivity index is 1.13. The maximum absolute atomic E-state index is 13.9. The first-order chi connectivity index (χ1) is 27.5. The van der Waals surface area contributed by atoms with Crippen LogP contribution in [0, 0.1) is 0 Å². The van der Waals surface area contributed by atoms with E-state index in [0.717, 1.165) is 0 Å². The van der Waals surface area contributed by atoms with Crippen molar-refractivity contribution in [2.45, 2.75) is 145 Å². The van der Waals surface area contributed by atoms with Gasteiger partial charge in [0.15, 0.2) is 30.4 Å². The lowest BCUT2D eigenvalue weighted by atomic mass is 9.67. The number of carbonyl (C=O) groups is 4. The molecule has 0 aromatic heterocycles. The van der Waals surface area contributed by atoms with E-state index in [1.54, 1.807) is 27.7 Å². The van der Waals surface area contributed by atoms with Gasteiger partial charge in [0.25, 0.3) is 0 Å². The quantitative estimate of drug-likeness (QED) is 0.228. The van der Waals surface area contributed by atoms with Crippen molar-refractivity contribution in [1.82, 2.24) is 4.90 Å². The number of Topliss-reactive ketones (excluding diaryl/α,β-unsaturated/α-hetero) is 1. The number of carbonyl (C=O) groups excluding carboxylic acids is 4. The van der Waals surface area contributed by atoms with Gasteiger partial charge < -0.3 is 58.5 Å². The minimum absolute atomic E-state index is 0.00573. The van der Waals surface area contributed by atoms with Gasteiger partial charge in [0.2, 0.25) is 5.78 Å². The van der Waals surface area contributed by atoms with Crippen LogP contribution < -0.4 is 0 Å². The molecule has 0 unspecified atom stereocenters. The molecule has 3 fully saturated rings. The van der Waals surface area contributed by atoms with Gasteiger partial charge >= 0.3 is 5.97 Å². The molecule has 58 heavy (non-hydrogen) atoms. The van der Waals surface area contributed by atoms with Gasteiger partial charge in [0, 0.05) is 54.8 Å². The highest BCUT2D eigenvalue weighted by molar-refractivity contribution is 6.30. The van der Waals surface area contributed by atoms with Crippen molar-refractivity contribution in [3.05, 3.63) is 57.6 Å². The van der Waals surface area contributed by atoms with Crippen molar-refractivity contribution < 1.29 is 72.8 Å². The summed E-state index contributed by atoms with van der Waals surface area (Å²) in [5.74, 6) is -4.59. The number of nitrogens with zero attached hydrogens (tertiary/aromatic N) is 1. The normalized spacial score (nSPS) is 36.3.